The van der Waals surface area contributed by atoms with E-state index in [1.165, 1.54) is 0 Å². The first-order chi connectivity index (χ1) is 11.1. The number of nitrogens with one attached hydrogen (secondary N) is 1. The van der Waals surface area contributed by atoms with E-state index in [0.717, 1.165) is 16.5 Å². The normalized spacial score (nSPS) is 12.1. The maximum atomic E-state index is 12.3. The molecule has 0 fully saturated rings. The molecule has 4 heteroatoms. The van der Waals surface area contributed by atoms with Crippen LogP contribution in [0.25, 0.3) is 10.9 Å². The zero-order valence-electron chi connectivity index (χ0n) is 12.8. The minimum atomic E-state index is -0.0468. The van der Waals surface area contributed by atoms with Gasteiger partial charge in [0.1, 0.15) is 0 Å². The highest BCUT2D eigenvalue weighted by molar-refractivity contribution is 6.31. The minimum Gasteiger partial charge on any atom is -0.325 e. The van der Waals surface area contributed by atoms with Crippen molar-refractivity contribution in [3.05, 3.63) is 71.4 Å². The van der Waals surface area contributed by atoms with Gasteiger partial charge >= 0.3 is 0 Å². The van der Waals surface area contributed by atoms with Crippen molar-refractivity contribution in [1.82, 2.24) is 4.98 Å². The summed E-state index contributed by atoms with van der Waals surface area (Å²) in [4.78, 5) is 16.6. The number of anilines is 1. The molecule has 1 N–H and O–H groups in total. The van der Waals surface area contributed by atoms with Crippen LogP contribution in [0.1, 0.15) is 24.8 Å². The van der Waals surface area contributed by atoms with Crippen LogP contribution in [0, 0.1) is 0 Å². The van der Waals surface area contributed by atoms with Crippen molar-refractivity contribution < 1.29 is 4.79 Å². The molecule has 0 aliphatic heterocycles. The van der Waals surface area contributed by atoms with Crippen molar-refractivity contribution >= 4 is 34.1 Å². The number of carbonyl (C=O) groups is 1. The number of carbonyl (C=O) groups excluding carboxylic acids is 1. The number of benzene rings is 2. The van der Waals surface area contributed by atoms with Crippen LogP contribution in [-0.4, -0.2) is 10.9 Å². The summed E-state index contributed by atoms with van der Waals surface area (Å²) in [7, 11) is 0. The van der Waals surface area contributed by atoms with Crippen molar-refractivity contribution in [1.29, 1.82) is 0 Å². The summed E-state index contributed by atoms with van der Waals surface area (Å²) in [6, 6.07) is 17.4. The Balaban J connectivity index is 1.69. The number of para-hydroxylation sites is 1. The van der Waals surface area contributed by atoms with E-state index in [2.05, 4.69) is 10.3 Å². The maximum absolute atomic E-state index is 12.3. The molecular formula is C19H17ClN2O. The summed E-state index contributed by atoms with van der Waals surface area (Å²) in [5, 5.41) is 4.61. The Morgan fingerprint density at radius 2 is 1.91 bits per heavy atom. The highest BCUT2D eigenvalue weighted by Gasteiger charge is 2.14. The van der Waals surface area contributed by atoms with Crippen molar-refractivity contribution in [2.24, 2.45) is 0 Å². The second-order valence-corrected chi connectivity index (χ2v) is 6.00. The highest BCUT2D eigenvalue weighted by atomic mass is 35.5. The van der Waals surface area contributed by atoms with Gasteiger partial charge in [-0.2, -0.15) is 0 Å². The van der Waals surface area contributed by atoms with Crippen LogP contribution in [0.5, 0.6) is 0 Å². The predicted octanol–water partition coefficient (Wildman–Crippen LogP) is 5.02. The lowest BCUT2D eigenvalue weighted by Gasteiger charge is -2.13. The molecule has 2 aromatic carbocycles. The molecule has 1 amide bonds. The van der Waals surface area contributed by atoms with Crippen LogP contribution in [0.3, 0.4) is 0 Å². The van der Waals surface area contributed by atoms with E-state index in [4.69, 9.17) is 11.6 Å². The van der Waals surface area contributed by atoms with Crippen LogP contribution >= 0.6 is 11.6 Å². The first-order valence-electron chi connectivity index (χ1n) is 7.52. The van der Waals surface area contributed by atoms with E-state index in [9.17, 15) is 4.79 Å². The van der Waals surface area contributed by atoms with Gasteiger partial charge in [0.05, 0.1) is 17.4 Å². The first kappa shape index (κ1) is 15.5. The molecule has 0 aliphatic rings. The van der Waals surface area contributed by atoms with Crippen molar-refractivity contribution in [2.45, 2.75) is 19.3 Å². The second kappa shape index (κ2) is 6.80. The fraction of sp³-hybridized carbons (Fsp3) is 0.158. The Labute approximate surface area is 140 Å². The zero-order valence-corrected chi connectivity index (χ0v) is 13.5. The lowest BCUT2D eigenvalue weighted by Crippen LogP contribution is -2.14. The van der Waals surface area contributed by atoms with Gasteiger partial charge in [-0.05, 0) is 29.7 Å². The first-order valence-corrected chi connectivity index (χ1v) is 7.90. The summed E-state index contributed by atoms with van der Waals surface area (Å²) in [5.41, 5.74) is 2.61. The number of aromatic nitrogens is 1. The Hall–Kier alpha value is -2.39. The van der Waals surface area contributed by atoms with Gasteiger partial charge in [-0.15, -0.1) is 0 Å². The number of halogens is 1. The second-order valence-electron chi connectivity index (χ2n) is 5.59. The molecule has 116 valence electrons. The molecule has 3 nitrogen and oxygen atoms in total. The SMILES string of the molecule is CC(CC(=O)Nc1cnc2ccccc2c1)c1ccccc1Cl. The molecule has 1 unspecified atom stereocenters. The standard InChI is InChI=1S/C19H17ClN2O/c1-13(16-7-3-4-8-17(16)20)10-19(23)22-15-11-14-6-2-5-9-18(14)21-12-15/h2-9,11-13H,10H2,1H3,(H,22,23). The third-order valence-corrected chi connectivity index (χ3v) is 4.15. The Bertz CT molecular complexity index is 847. The van der Waals surface area contributed by atoms with E-state index < -0.39 is 0 Å². The molecule has 0 saturated heterocycles. The summed E-state index contributed by atoms with van der Waals surface area (Å²) >= 11 is 6.19. The third-order valence-electron chi connectivity index (χ3n) is 3.80. The fourth-order valence-electron chi connectivity index (χ4n) is 2.61. The number of fused-ring (bicyclic) bond motifs is 1. The van der Waals surface area contributed by atoms with Gasteiger partial charge in [0.25, 0.3) is 0 Å². The van der Waals surface area contributed by atoms with E-state index in [1.807, 2.05) is 61.5 Å². The number of amides is 1. The number of nitrogens with zero attached hydrogens (tertiary/aromatic N) is 1. The maximum Gasteiger partial charge on any atom is 0.225 e. The smallest absolute Gasteiger partial charge is 0.225 e. The molecular weight excluding hydrogens is 308 g/mol. The van der Waals surface area contributed by atoms with Crippen LogP contribution in [0.15, 0.2) is 60.8 Å². The van der Waals surface area contributed by atoms with Gasteiger partial charge in [0.2, 0.25) is 5.91 Å². The fourth-order valence-corrected chi connectivity index (χ4v) is 2.94. The zero-order chi connectivity index (χ0) is 16.2. The molecule has 0 bridgehead atoms. The molecule has 0 radical (unpaired) electrons. The van der Waals surface area contributed by atoms with Crippen LogP contribution in [-0.2, 0) is 4.79 Å². The Morgan fingerprint density at radius 3 is 2.74 bits per heavy atom. The average molecular weight is 325 g/mol. The number of pyridine rings is 1. The molecule has 23 heavy (non-hydrogen) atoms. The monoisotopic (exact) mass is 324 g/mol. The van der Waals surface area contributed by atoms with Gasteiger partial charge in [0.15, 0.2) is 0 Å². The van der Waals surface area contributed by atoms with E-state index in [0.29, 0.717) is 17.1 Å². The van der Waals surface area contributed by atoms with Gasteiger partial charge in [-0.3, -0.25) is 9.78 Å². The van der Waals surface area contributed by atoms with Crippen molar-refractivity contribution in [3.8, 4) is 0 Å². The molecule has 0 saturated carbocycles. The van der Waals surface area contributed by atoms with Gasteiger partial charge in [-0.25, -0.2) is 0 Å². The Kier molecular flexibility index (Phi) is 4.58. The quantitative estimate of drug-likeness (QED) is 0.732. The van der Waals surface area contributed by atoms with E-state index in [1.54, 1.807) is 6.20 Å². The van der Waals surface area contributed by atoms with Crippen molar-refractivity contribution in [2.75, 3.05) is 5.32 Å². The molecule has 3 aromatic rings. The summed E-state index contributed by atoms with van der Waals surface area (Å²) in [6.45, 7) is 2.00. The van der Waals surface area contributed by atoms with Crippen LogP contribution < -0.4 is 5.32 Å². The number of hydrogen-bond acceptors (Lipinski definition) is 2. The van der Waals surface area contributed by atoms with Crippen LogP contribution in [0.2, 0.25) is 5.02 Å². The lowest BCUT2D eigenvalue weighted by atomic mass is 9.97. The minimum absolute atomic E-state index is 0.0468. The number of hydrogen-bond donors (Lipinski definition) is 1. The molecule has 0 spiro atoms. The lowest BCUT2D eigenvalue weighted by molar-refractivity contribution is -0.116. The van der Waals surface area contributed by atoms with E-state index >= 15 is 0 Å². The van der Waals surface area contributed by atoms with E-state index in [-0.39, 0.29) is 11.8 Å². The van der Waals surface area contributed by atoms with Gasteiger partial charge in [0, 0.05) is 16.8 Å². The van der Waals surface area contributed by atoms with Crippen molar-refractivity contribution in [3.63, 3.8) is 0 Å². The summed E-state index contributed by atoms with van der Waals surface area (Å²) in [6.07, 6.45) is 2.05. The molecule has 0 aliphatic carbocycles. The topological polar surface area (TPSA) is 42.0 Å². The molecule has 1 aromatic heterocycles. The molecule has 1 atom stereocenters. The number of rotatable bonds is 4. The predicted molar refractivity (Wildman–Crippen MR) is 94.9 cm³/mol. The summed E-state index contributed by atoms with van der Waals surface area (Å²) in [5.74, 6) is 0.00613. The van der Waals surface area contributed by atoms with Gasteiger partial charge < -0.3 is 5.32 Å². The Morgan fingerprint density at radius 1 is 1.17 bits per heavy atom. The highest BCUT2D eigenvalue weighted by Crippen LogP contribution is 2.27. The van der Waals surface area contributed by atoms with Crippen LogP contribution in [0.4, 0.5) is 5.69 Å². The molecule has 1 heterocycles. The molecule has 3 rings (SSSR count). The average Bonchev–Trinajstić information content (AvgIpc) is 2.55. The summed E-state index contributed by atoms with van der Waals surface area (Å²) < 4.78 is 0. The largest absolute Gasteiger partial charge is 0.325 e. The van der Waals surface area contributed by atoms with Gasteiger partial charge in [-0.1, -0.05) is 54.9 Å². The third kappa shape index (κ3) is 3.69.